The maximum absolute atomic E-state index is 3.64. The molecule has 1 heterocycles. The lowest BCUT2D eigenvalue weighted by atomic mass is 9.70. The van der Waals surface area contributed by atoms with E-state index >= 15 is 0 Å². The molecule has 15 heavy (non-hydrogen) atoms. The number of anilines is 1. The molecule has 1 saturated carbocycles. The summed E-state index contributed by atoms with van der Waals surface area (Å²) >= 11 is 2.06. The van der Waals surface area contributed by atoms with Crippen molar-refractivity contribution in [2.24, 2.45) is 5.41 Å². The van der Waals surface area contributed by atoms with Crippen molar-refractivity contribution < 1.29 is 0 Å². The van der Waals surface area contributed by atoms with E-state index in [1.54, 1.807) is 0 Å². The molecule has 1 aliphatic heterocycles. The molecule has 0 bridgehead atoms. The minimum Gasteiger partial charge on any atom is -0.384 e. The predicted molar refractivity (Wildman–Crippen MR) is 66.7 cm³/mol. The molecular weight excluding hydrogens is 202 g/mol. The normalized spacial score (nSPS) is 22.5. The fourth-order valence-corrected chi connectivity index (χ4v) is 3.97. The lowest BCUT2D eigenvalue weighted by Gasteiger charge is -2.40. The van der Waals surface area contributed by atoms with E-state index in [1.807, 2.05) is 0 Å². The van der Waals surface area contributed by atoms with E-state index in [4.69, 9.17) is 0 Å². The second-order valence-electron chi connectivity index (χ2n) is 4.95. The van der Waals surface area contributed by atoms with E-state index in [9.17, 15) is 0 Å². The number of fused-ring (bicyclic) bond motifs is 1. The van der Waals surface area contributed by atoms with Gasteiger partial charge in [-0.2, -0.15) is 0 Å². The third kappa shape index (κ3) is 1.55. The van der Waals surface area contributed by atoms with Gasteiger partial charge in [0.2, 0.25) is 0 Å². The number of aryl methyl sites for hydroxylation is 1. The number of hydrogen-bond donors (Lipinski definition) is 1. The Morgan fingerprint density at radius 3 is 2.93 bits per heavy atom. The summed E-state index contributed by atoms with van der Waals surface area (Å²) in [7, 11) is 0. The molecule has 1 fully saturated rings. The molecular formula is C13H17NS. The predicted octanol–water partition coefficient (Wildman–Crippen LogP) is 3.68. The molecule has 2 aliphatic rings. The van der Waals surface area contributed by atoms with Gasteiger partial charge in [0.05, 0.1) is 0 Å². The average molecular weight is 219 g/mol. The molecule has 80 valence electrons. The lowest BCUT2D eigenvalue weighted by Crippen LogP contribution is -2.37. The summed E-state index contributed by atoms with van der Waals surface area (Å²) in [6.07, 6.45) is 4.26. The van der Waals surface area contributed by atoms with E-state index in [1.165, 1.54) is 47.7 Å². The second kappa shape index (κ2) is 3.44. The molecule has 1 aromatic carbocycles. The van der Waals surface area contributed by atoms with Crippen molar-refractivity contribution in [3.63, 3.8) is 0 Å². The lowest BCUT2D eigenvalue weighted by molar-refractivity contribution is 0.187. The van der Waals surface area contributed by atoms with Gasteiger partial charge in [-0.05, 0) is 36.8 Å². The molecule has 0 unspecified atom stereocenters. The van der Waals surface area contributed by atoms with Gasteiger partial charge >= 0.3 is 0 Å². The Morgan fingerprint density at radius 1 is 1.33 bits per heavy atom. The molecule has 0 atom stereocenters. The molecule has 1 spiro atoms. The highest BCUT2D eigenvalue weighted by molar-refractivity contribution is 7.99. The van der Waals surface area contributed by atoms with Crippen LogP contribution in [0.4, 0.5) is 5.69 Å². The van der Waals surface area contributed by atoms with Crippen LogP contribution in [0, 0.1) is 12.3 Å². The van der Waals surface area contributed by atoms with Crippen LogP contribution in [-0.4, -0.2) is 12.3 Å². The van der Waals surface area contributed by atoms with Crippen LogP contribution < -0.4 is 5.32 Å². The molecule has 3 rings (SSSR count). The summed E-state index contributed by atoms with van der Waals surface area (Å²) in [5, 5.41) is 3.64. The SMILES string of the molecule is Cc1cccc2c1SCC1(CCC1)CN2. The minimum atomic E-state index is 0.607. The average Bonchev–Trinajstić information content (AvgIpc) is 2.37. The number of nitrogens with one attached hydrogen (secondary N) is 1. The number of benzene rings is 1. The van der Waals surface area contributed by atoms with Crippen molar-refractivity contribution in [1.29, 1.82) is 0 Å². The van der Waals surface area contributed by atoms with Gasteiger partial charge in [-0.15, -0.1) is 11.8 Å². The first kappa shape index (κ1) is 9.59. The van der Waals surface area contributed by atoms with E-state index < -0.39 is 0 Å². The van der Waals surface area contributed by atoms with Crippen LogP contribution in [0.5, 0.6) is 0 Å². The highest BCUT2D eigenvalue weighted by Gasteiger charge is 2.38. The zero-order valence-corrected chi connectivity index (χ0v) is 9.99. The van der Waals surface area contributed by atoms with Gasteiger partial charge in [-0.3, -0.25) is 0 Å². The molecule has 0 radical (unpaired) electrons. The second-order valence-corrected chi connectivity index (χ2v) is 5.93. The summed E-state index contributed by atoms with van der Waals surface area (Å²) in [6.45, 7) is 3.39. The molecule has 1 aromatic rings. The monoisotopic (exact) mass is 219 g/mol. The molecule has 0 saturated heterocycles. The van der Waals surface area contributed by atoms with Crippen LogP contribution in [0.1, 0.15) is 24.8 Å². The Labute approximate surface area is 95.6 Å². The number of thioether (sulfide) groups is 1. The van der Waals surface area contributed by atoms with Crippen LogP contribution in [-0.2, 0) is 0 Å². The van der Waals surface area contributed by atoms with Crippen molar-refractivity contribution in [2.45, 2.75) is 31.1 Å². The van der Waals surface area contributed by atoms with Crippen LogP contribution in [0.3, 0.4) is 0 Å². The van der Waals surface area contributed by atoms with Crippen LogP contribution in [0.25, 0.3) is 0 Å². The van der Waals surface area contributed by atoms with Crippen molar-refractivity contribution in [3.8, 4) is 0 Å². The molecule has 1 N–H and O–H groups in total. The van der Waals surface area contributed by atoms with E-state index in [-0.39, 0.29) is 0 Å². The van der Waals surface area contributed by atoms with Gasteiger partial charge in [0.1, 0.15) is 0 Å². The zero-order chi connectivity index (χ0) is 10.3. The topological polar surface area (TPSA) is 12.0 Å². The van der Waals surface area contributed by atoms with E-state index in [0.29, 0.717) is 5.41 Å². The summed E-state index contributed by atoms with van der Waals surface area (Å²) in [4.78, 5) is 1.47. The summed E-state index contributed by atoms with van der Waals surface area (Å²) < 4.78 is 0. The third-order valence-electron chi connectivity index (χ3n) is 3.80. The first-order chi connectivity index (χ1) is 7.29. The van der Waals surface area contributed by atoms with Gasteiger partial charge < -0.3 is 5.32 Å². The Morgan fingerprint density at radius 2 is 2.20 bits per heavy atom. The maximum Gasteiger partial charge on any atom is 0.0481 e. The summed E-state index contributed by atoms with van der Waals surface area (Å²) in [5.74, 6) is 1.30. The smallest absolute Gasteiger partial charge is 0.0481 e. The molecule has 2 heteroatoms. The Hall–Kier alpha value is -0.630. The highest BCUT2D eigenvalue weighted by atomic mass is 32.2. The van der Waals surface area contributed by atoms with Gasteiger partial charge in [-0.25, -0.2) is 0 Å². The van der Waals surface area contributed by atoms with Crippen LogP contribution in [0.15, 0.2) is 23.1 Å². The summed E-state index contributed by atoms with van der Waals surface area (Å²) in [5.41, 5.74) is 3.38. The Balaban J connectivity index is 1.91. The Kier molecular flexibility index (Phi) is 2.20. The van der Waals surface area contributed by atoms with E-state index in [2.05, 4.69) is 42.2 Å². The fraction of sp³-hybridized carbons (Fsp3) is 0.538. The van der Waals surface area contributed by atoms with Crippen LogP contribution >= 0.6 is 11.8 Å². The van der Waals surface area contributed by atoms with Crippen molar-refractivity contribution in [1.82, 2.24) is 0 Å². The third-order valence-corrected chi connectivity index (χ3v) is 5.39. The van der Waals surface area contributed by atoms with Gasteiger partial charge in [-0.1, -0.05) is 18.6 Å². The van der Waals surface area contributed by atoms with Gasteiger partial charge in [0.15, 0.2) is 0 Å². The maximum atomic E-state index is 3.64. The fourth-order valence-electron chi connectivity index (χ4n) is 2.54. The quantitative estimate of drug-likeness (QED) is 0.714. The van der Waals surface area contributed by atoms with Crippen molar-refractivity contribution in [3.05, 3.63) is 23.8 Å². The number of rotatable bonds is 0. The summed E-state index contributed by atoms with van der Waals surface area (Å²) in [6, 6.07) is 6.58. The highest BCUT2D eigenvalue weighted by Crippen LogP contribution is 2.48. The standard InChI is InChI=1S/C13H17NS/c1-10-4-2-5-11-12(10)15-9-13(8-14-11)6-3-7-13/h2,4-5,14H,3,6-9H2,1H3. The molecule has 0 aromatic heterocycles. The molecule has 1 aliphatic carbocycles. The molecule has 1 nitrogen and oxygen atoms in total. The number of hydrogen-bond acceptors (Lipinski definition) is 2. The first-order valence-corrected chi connectivity index (χ1v) is 6.74. The van der Waals surface area contributed by atoms with Crippen molar-refractivity contribution >= 4 is 17.4 Å². The van der Waals surface area contributed by atoms with Crippen molar-refractivity contribution in [2.75, 3.05) is 17.6 Å². The Bertz CT molecular complexity index is 382. The van der Waals surface area contributed by atoms with Crippen LogP contribution in [0.2, 0.25) is 0 Å². The van der Waals surface area contributed by atoms with E-state index in [0.717, 1.165) is 0 Å². The minimum absolute atomic E-state index is 0.607. The zero-order valence-electron chi connectivity index (χ0n) is 9.18. The van der Waals surface area contributed by atoms with Gasteiger partial charge in [0, 0.05) is 22.9 Å². The van der Waals surface area contributed by atoms with Gasteiger partial charge in [0.25, 0.3) is 0 Å². The first-order valence-electron chi connectivity index (χ1n) is 5.75. The largest absolute Gasteiger partial charge is 0.384 e. The molecule has 0 amide bonds.